The molecule has 29 heavy (non-hydrogen) atoms. The molecule has 2 aromatic carbocycles. The van der Waals surface area contributed by atoms with Gasteiger partial charge in [-0.3, -0.25) is 9.78 Å². The molecule has 0 aliphatic carbocycles. The molecule has 0 amide bonds. The minimum Gasteiger partial charge on any atom is -0.493 e. The second-order valence-electron chi connectivity index (χ2n) is 6.23. The summed E-state index contributed by atoms with van der Waals surface area (Å²) in [6.07, 6.45) is 4.86. The van der Waals surface area contributed by atoms with Crippen LogP contribution in [0.4, 0.5) is 0 Å². The fourth-order valence-corrected chi connectivity index (χ4v) is 2.97. The van der Waals surface area contributed by atoms with Gasteiger partial charge in [-0.2, -0.15) is 0 Å². The topological polar surface area (TPSA) is 74.5 Å². The van der Waals surface area contributed by atoms with Crippen LogP contribution >= 0.6 is 0 Å². The fourth-order valence-electron chi connectivity index (χ4n) is 2.97. The van der Waals surface area contributed by atoms with Gasteiger partial charge in [0.1, 0.15) is 5.52 Å². The number of hydrogen-bond acceptors (Lipinski definition) is 6. The molecule has 0 aliphatic heterocycles. The van der Waals surface area contributed by atoms with Crippen molar-refractivity contribution in [3.8, 4) is 11.5 Å². The van der Waals surface area contributed by atoms with Gasteiger partial charge in [0.25, 0.3) is 0 Å². The van der Waals surface area contributed by atoms with Gasteiger partial charge in [0.15, 0.2) is 22.9 Å². The van der Waals surface area contributed by atoms with Crippen LogP contribution < -0.4 is 9.47 Å². The van der Waals surface area contributed by atoms with Crippen LogP contribution in [0, 0.1) is 0 Å². The summed E-state index contributed by atoms with van der Waals surface area (Å²) in [7, 11) is 3.14. The van der Waals surface area contributed by atoms with Crippen LogP contribution in [0.1, 0.15) is 21.8 Å². The molecule has 6 heteroatoms. The number of methoxy groups -OCH3 is 2. The summed E-state index contributed by atoms with van der Waals surface area (Å²) >= 11 is 0. The number of allylic oxidation sites excluding steroid dienone is 1. The molecular weight excluding hydrogens is 368 g/mol. The Morgan fingerprint density at radius 3 is 2.55 bits per heavy atom. The molecular formula is C23H18N2O4. The highest BCUT2D eigenvalue weighted by Gasteiger charge is 2.20. The van der Waals surface area contributed by atoms with Crippen LogP contribution in [0.15, 0.2) is 71.4 Å². The smallest absolute Gasteiger partial charge is 0.231 e. The number of ether oxygens (including phenoxy) is 2. The Hall–Kier alpha value is -3.93. The molecule has 0 unspecified atom stereocenters. The number of oxazole rings is 1. The standard InChI is InChI=1S/C23H18N2O4/c1-27-20-10-9-15(13-21(20)28-2)12-17(22(26)16-6-5-11-24-14-16)23-25-18-7-3-4-8-19(18)29-23/h3-14H,1-2H3. The van der Waals surface area contributed by atoms with Crippen LogP contribution in [0.5, 0.6) is 11.5 Å². The van der Waals surface area contributed by atoms with Crippen molar-refractivity contribution in [1.82, 2.24) is 9.97 Å². The van der Waals surface area contributed by atoms with E-state index in [9.17, 15) is 4.79 Å². The van der Waals surface area contributed by atoms with Gasteiger partial charge in [-0.1, -0.05) is 18.2 Å². The zero-order chi connectivity index (χ0) is 20.2. The fraction of sp³-hybridized carbons (Fsp3) is 0.0870. The zero-order valence-electron chi connectivity index (χ0n) is 16.0. The second-order valence-corrected chi connectivity index (χ2v) is 6.23. The summed E-state index contributed by atoms with van der Waals surface area (Å²) in [6, 6.07) is 16.2. The number of hydrogen-bond donors (Lipinski definition) is 0. The first-order chi connectivity index (χ1) is 14.2. The first kappa shape index (κ1) is 18.4. The summed E-state index contributed by atoms with van der Waals surface area (Å²) in [5, 5.41) is 0. The Balaban J connectivity index is 1.86. The van der Waals surface area contributed by atoms with E-state index >= 15 is 0 Å². The lowest BCUT2D eigenvalue weighted by molar-refractivity contribution is 0.105. The summed E-state index contributed by atoms with van der Waals surface area (Å²) in [5.74, 6) is 1.17. The molecule has 0 saturated heterocycles. The number of Topliss-reactive ketones (excluding diaryl/α,β-unsaturated/α-hetero) is 1. The van der Waals surface area contributed by atoms with Crippen molar-refractivity contribution < 1.29 is 18.7 Å². The Labute approximate surface area is 167 Å². The number of para-hydroxylation sites is 2. The maximum atomic E-state index is 13.2. The minimum absolute atomic E-state index is 0.237. The molecule has 0 bridgehead atoms. The van der Waals surface area contributed by atoms with E-state index in [4.69, 9.17) is 13.9 Å². The molecule has 0 aliphatic rings. The van der Waals surface area contributed by atoms with E-state index in [1.807, 2.05) is 30.3 Å². The molecule has 144 valence electrons. The molecule has 0 saturated carbocycles. The number of aromatic nitrogens is 2. The molecule has 6 nitrogen and oxygen atoms in total. The number of fused-ring (bicyclic) bond motifs is 1. The monoisotopic (exact) mass is 386 g/mol. The number of benzene rings is 2. The van der Waals surface area contributed by atoms with Gasteiger partial charge in [-0.15, -0.1) is 0 Å². The molecule has 2 heterocycles. The predicted molar refractivity (Wildman–Crippen MR) is 110 cm³/mol. The highest BCUT2D eigenvalue weighted by molar-refractivity contribution is 6.31. The Morgan fingerprint density at radius 1 is 1.00 bits per heavy atom. The van der Waals surface area contributed by atoms with Crippen molar-refractivity contribution in [2.45, 2.75) is 0 Å². The predicted octanol–water partition coefficient (Wildman–Crippen LogP) is 4.66. The zero-order valence-corrected chi connectivity index (χ0v) is 16.0. The SMILES string of the molecule is COc1ccc(C=C(C(=O)c2cccnc2)c2nc3ccccc3o2)cc1OC. The second kappa shape index (κ2) is 7.98. The van der Waals surface area contributed by atoms with Crippen molar-refractivity contribution in [1.29, 1.82) is 0 Å². The number of rotatable bonds is 6. The highest BCUT2D eigenvalue weighted by atomic mass is 16.5. The first-order valence-electron chi connectivity index (χ1n) is 8.94. The Morgan fingerprint density at radius 2 is 1.83 bits per heavy atom. The van der Waals surface area contributed by atoms with E-state index < -0.39 is 0 Å². The van der Waals surface area contributed by atoms with Crippen LogP contribution in [-0.4, -0.2) is 30.0 Å². The molecule has 2 aromatic heterocycles. The van der Waals surface area contributed by atoms with E-state index in [0.29, 0.717) is 33.7 Å². The average Bonchev–Trinajstić information content (AvgIpc) is 3.21. The van der Waals surface area contributed by atoms with Crippen LogP contribution in [0.25, 0.3) is 22.7 Å². The average molecular weight is 386 g/mol. The molecule has 0 spiro atoms. The van der Waals surface area contributed by atoms with Gasteiger partial charge in [-0.25, -0.2) is 4.98 Å². The molecule has 0 fully saturated rings. The van der Waals surface area contributed by atoms with Gasteiger partial charge in [0.05, 0.1) is 19.8 Å². The number of pyridine rings is 1. The third-order valence-electron chi connectivity index (χ3n) is 4.41. The van der Waals surface area contributed by atoms with Crippen molar-refractivity contribution in [2.75, 3.05) is 14.2 Å². The van der Waals surface area contributed by atoms with Crippen molar-refractivity contribution >= 4 is 28.5 Å². The quantitative estimate of drug-likeness (QED) is 0.354. The number of carbonyl (C=O) groups excluding carboxylic acids is 1. The number of nitrogens with zero attached hydrogens (tertiary/aromatic N) is 2. The van der Waals surface area contributed by atoms with E-state index in [1.54, 1.807) is 50.8 Å². The molecule has 4 rings (SSSR count). The largest absolute Gasteiger partial charge is 0.493 e. The van der Waals surface area contributed by atoms with Crippen LogP contribution in [-0.2, 0) is 0 Å². The van der Waals surface area contributed by atoms with Gasteiger partial charge in [0, 0.05) is 18.0 Å². The Kier molecular flexibility index (Phi) is 5.07. The summed E-state index contributed by atoms with van der Waals surface area (Å²) in [6.45, 7) is 0. The van der Waals surface area contributed by atoms with E-state index in [-0.39, 0.29) is 11.7 Å². The van der Waals surface area contributed by atoms with Gasteiger partial charge in [-0.05, 0) is 48.0 Å². The Bertz CT molecular complexity index is 1160. The van der Waals surface area contributed by atoms with Crippen molar-refractivity contribution in [3.05, 3.63) is 84.0 Å². The highest BCUT2D eigenvalue weighted by Crippen LogP contribution is 2.31. The normalized spacial score (nSPS) is 11.4. The van der Waals surface area contributed by atoms with E-state index in [1.165, 1.54) is 6.20 Å². The van der Waals surface area contributed by atoms with Crippen molar-refractivity contribution in [2.24, 2.45) is 0 Å². The summed E-state index contributed by atoms with van der Waals surface area (Å²) < 4.78 is 16.5. The third-order valence-corrected chi connectivity index (χ3v) is 4.41. The van der Waals surface area contributed by atoms with Gasteiger partial charge in [0.2, 0.25) is 5.89 Å². The maximum absolute atomic E-state index is 13.2. The molecule has 0 radical (unpaired) electrons. The molecule has 0 N–H and O–H groups in total. The van der Waals surface area contributed by atoms with Crippen LogP contribution in [0.3, 0.4) is 0 Å². The lowest BCUT2D eigenvalue weighted by Crippen LogP contribution is -2.03. The number of carbonyl (C=O) groups is 1. The van der Waals surface area contributed by atoms with Crippen molar-refractivity contribution in [3.63, 3.8) is 0 Å². The molecule has 0 atom stereocenters. The molecule has 4 aromatic rings. The lowest BCUT2D eigenvalue weighted by Gasteiger charge is -2.09. The van der Waals surface area contributed by atoms with Gasteiger partial charge < -0.3 is 13.9 Å². The minimum atomic E-state index is -0.237. The summed E-state index contributed by atoms with van der Waals surface area (Å²) in [5.41, 5.74) is 2.81. The first-order valence-corrected chi connectivity index (χ1v) is 8.94. The third kappa shape index (κ3) is 3.73. The van der Waals surface area contributed by atoms with Gasteiger partial charge >= 0.3 is 0 Å². The van der Waals surface area contributed by atoms with E-state index in [0.717, 1.165) is 5.56 Å². The summed E-state index contributed by atoms with van der Waals surface area (Å²) in [4.78, 5) is 21.8. The lowest BCUT2D eigenvalue weighted by atomic mass is 10.0. The van der Waals surface area contributed by atoms with Crippen LogP contribution in [0.2, 0.25) is 0 Å². The van der Waals surface area contributed by atoms with E-state index in [2.05, 4.69) is 9.97 Å². The number of ketones is 1. The maximum Gasteiger partial charge on any atom is 0.231 e.